The maximum absolute atomic E-state index is 12.8. The van der Waals surface area contributed by atoms with Crippen molar-refractivity contribution in [2.75, 3.05) is 13.2 Å². The molecular formula is C20H24N4O5. The van der Waals surface area contributed by atoms with Gasteiger partial charge in [0.05, 0.1) is 17.7 Å². The molecule has 9 nitrogen and oxygen atoms in total. The van der Waals surface area contributed by atoms with Gasteiger partial charge < -0.3 is 10.1 Å². The number of hydrogen-bond donors (Lipinski definition) is 3. The highest BCUT2D eigenvalue weighted by Crippen LogP contribution is 2.28. The second kappa shape index (κ2) is 7.33. The Hall–Kier alpha value is -2.62. The second-order valence-electron chi connectivity index (χ2n) is 8.12. The first-order valence-electron chi connectivity index (χ1n) is 9.72. The molecule has 1 aromatic rings. The standard InChI is InChI=1S/C20H24N4O5/c1-20(2)23-12(10-29-20)9-21-8-11-3-4-13-14(7-11)19(28)24(18(13)27)15-5-6-16(25)22-17(15)26/h3-4,7,12,15,21,23H,5-6,8-10H2,1-2H3,(H,22,25,26)/t12-,15?/m1/s1. The molecule has 0 saturated carbocycles. The summed E-state index contributed by atoms with van der Waals surface area (Å²) in [6.07, 6.45) is 0.256. The summed E-state index contributed by atoms with van der Waals surface area (Å²) in [7, 11) is 0. The number of hydrogen-bond acceptors (Lipinski definition) is 7. The van der Waals surface area contributed by atoms with Crippen LogP contribution in [0.15, 0.2) is 18.2 Å². The summed E-state index contributed by atoms with van der Waals surface area (Å²) < 4.78 is 5.63. The summed E-state index contributed by atoms with van der Waals surface area (Å²) in [5, 5.41) is 8.90. The molecule has 3 heterocycles. The molecule has 9 heteroatoms. The van der Waals surface area contributed by atoms with Crippen molar-refractivity contribution in [2.24, 2.45) is 0 Å². The number of benzene rings is 1. The van der Waals surface area contributed by atoms with E-state index in [1.807, 2.05) is 13.8 Å². The summed E-state index contributed by atoms with van der Waals surface area (Å²) in [5.41, 5.74) is 1.12. The fourth-order valence-electron chi connectivity index (χ4n) is 4.01. The number of carbonyl (C=O) groups excluding carboxylic acids is 4. The van der Waals surface area contributed by atoms with Gasteiger partial charge in [0.1, 0.15) is 11.8 Å². The molecular weight excluding hydrogens is 376 g/mol. The molecule has 2 saturated heterocycles. The van der Waals surface area contributed by atoms with E-state index >= 15 is 0 Å². The number of nitrogens with zero attached hydrogens (tertiary/aromatic N) is 1. The van der Waals surface area contributed by atoms with Crippen LogP contribution in [0.2, 0.25) is 0 Å². The van der Waals surface area contributed by atoms with Crippen LogP contribution in [0.4, 0.5) is 0 Å². The number of ether oxygens (including phenoxy) is 1. The van der Waals surface area contributed by atoms with Crippen molar-refractivity contribution in [1.29, 1.82) is 0 Å². The van der Waals surface area contributed by atoms with Crippen LogP contribution < -0.4 is 16.0 Å². The second-order valence-corrected chi connectivity index (χ2v) is 8.12. The molecule has 29 heavy (non-hydrogen) atoms. The number of rotatable bonds is 5. The Morgan fingerprint density at radius 3 is 2.62 bits per heavy atom. The fourth-order valence-corrected chi connectivity index (χ4v) is 4.01. The lowest BCUT2D eigenvalue weighted by Crippen LogP contribution is -2.54. The molecule has 0 radical (unpaired) electrons. The monoisotopic (exact) mass is 400 g/mol. The maximum atomic E-state index is 12.8. The van der Waals surface area contributed by atoms with Crippen molar-refractivity contribution < 1.29 is 23.9 Å². The zero-order valence-corrected chi connectivity index (χ0v) is 16.4. The predicted octanol–water partition coefficient (Wildman–Crippen LogP) is -0.0981. The smallest absolute Gasteiger partial charge is 0.262 e. The van der Waals surface area contributed by atoms with Crippen LogP contribution in [0.5, 0.6) is 0 Å². The van der Waals surface area contributed by atoms with Crippen molar-refractivity contribution in [3.63, 3.8) is 0 Å². The summed E-state index contributed by atoms with van der Waals surface area (Å²) in [4.78, 5) is 50.0. The van der Waals surface area contributed by atoms with Crippen molar-refractivity contribution >= 4 is 23.6 Å². The fraction of sp³-hybridized carbons (Fsp3) is 0.500. The minimum atomic E-state index is -0.946. The van der Waals surface area contributed by atoms with E-state index in [0.717, 1.165) is 10.5 Å². The lowest BCUT2D eigenvalue weighted by Gasteiger charge is -2.27. The van der Waals surface area contributed by atoms with E-state index in [2.05, 4.69) is 16.0 Å². The highest BCUT2D eigenvalue weighted by molar-refractivity contribution is 6.23. The van der Waals surface area contributed by atoms with Gasteiger partial charge in [-0.2, -0.15) is 0 Å². The number of carbonyl (C=O) groups is 4. The number of amides is 4. The topological polar surface area (TPSA) is 117 Å². The molecule has 3 N–H and O–H groups in total. The van der Waals surface area contributed by atoms with Crippen LogP contribution in [0.3, 0.4) is 0 Å². The van der Waals surface area contributed by atoms with E-state index in [9.17, 15) is 19.2 Å². The van der Waals surface area contributed by atoms with E-state index in [0.29, 0.717) is 25.3 Å². The van der Waals surface area contributed by atoms with Gasteiger partial charge in [0.25, 0.3) is 11.8 Å². The van der Waals surface area contributed by atoms with Crippen LogP contribution in [-0.4, -0.2) is 59.5 Å². The molecule has 3 aliphatic heterocycles. The lowest BCUT2D eigenvalue weighted by molar-refractivity contribution is -0.136. The van der Waals surface area contributed by atoms with Gasteiger partial charge in [-0.1, -0.05) is 6.07 Å². The van der Waals surface area contributed by atoms with Gasteiger partial charge in [-0.25, -0.2) is 0 Å². The first-order valence-corrected chi connectivity index (χ1v) is 9.72. The largest absolute Gasteiger partial charge is 0.360 e. The van der Waals surface area contributed by atoms with Gasteiger partial charge in [0.2, 0.25) is 11.8 Å². The van der Waals surface area contributed by atoms with Crippen LogP contribution in [0.25, 0.3) is 0 Å². The molecule has 3 aliphatic rings. The van der Waals surface area contributed by atoms with E-state index in [1.54, 1.807) is 18.2 Å². The quantitative estimate of drug-likeness (QED) is 0.591. The Morgan fingerprint density at radius 1 is 1.17 bits per heavy atom. The number of imide groups is 2. The average Bonchev–Trinajstić information content (AvgIpc) is 3.13. The Morgan fingerprint density at radius 2 is 1.93 bits per heavy atom. The third-order valence-corrected chi connectivity index (χ3v) is 5.42. The van der Waals surface area contributed by atoms with Gasteiger partial charge in [-0.15, -0.1) is 0 Å². The Labute approximate surface area is 168 Å². The first kappa shape index (κ1) is 19.7. The summed E-state index contributed by atoms with van der Waals surface area (Å²) in [6, 6.07) is 4.37. The molecule has 2 fully saturated rings. The van der Waals surface area contributed by atoms with Crippen molar-refractivity contribution in [3.8, 4) is 0 Å². The van der Waals surface area contributed by atoms with Crippen molar-refractivity contribution in [3.05, 3.63) is 34.9 Å². The van der Waals surface area contributed by atoms with Crippen molar-refractivity contribution in [1.82, 2.24) is 20.9 Å². The third kappa shape index (κ3) is 3.81. The highest BCUT2D eigenvalue weighted by Gasteiger charge is 2.44. The molecule has 0 aliphatic carbocycles. The van der Waals surface area contributed by atoms with Crippen LogP contribution >= 0.6 is 0 Å². The number of nitrogens with one attached hydrogen (secondary N) is 3. The molecule has 4 amide bonds. The van der Waals surface area contributed by atoms with Crippen LogP contribution in [0, 0.1) is 0 Å². The summed E-state index contributed by atoms with van der Waals surface area (Å²) >= 11 is 0. The Balaban J connectivity index is 1.42. The SMILES string of the molecule is CC1(C)N[C@H](CNCc2ccc3c(c2)C(=O)N(C2CCC(=O)NC2=O)C3=O)CO1. The van der Waals surface area contributed by atoms with Crippen LogP contribution in [-0.2, 0) is 20.9 Å². The van der Waals surface area contributed by atoms with Gasteiger partial charge in [0.15, 0.2) is 0 Å². The maximum Gasteiger partial charge on any atom is 0.262 e. The predicted molar refractivity (Wildman–Crippen MR) is 102 cm³/mol. The van der Waals surface area contributed by atoms with Gasteiger partial charge in [-0.05, 0) is 38.0 Å². The molecule has 1 unspecified atom stereocenters. The molecule has 1 aromatic carbocycles. The molecule has 2 atom stereocenters. The van der Waals surface area contributed by atoms with Gasteiger partial charge in [0, 0.05) is 25.6 Å². The van der Waals surface area contributed by atoms with Crippen molar-refractivity contribution in [2.45, 2.75) is 51.0 Å². The van der Waals surface area contributed by atoms with E-state index < -0.39 is 23.8 Å². The molecule has 154 valence electrons. The number of piperidine rings is 1. The molecule has 0 bridgehead atoms. The lowest BCUT2D eigenvalue weighted by atomic mass is 10.0. The van der Waals surface area contributed by atoms with Crippen LogP contribution in [0.1, 0.15) is 53.0 Å². The minimum Gasteiger partial charge on any atom is -0.360 e. The highest BCUT2D eigenvalue weighted by atomic mass is 16.5. The van der Waals surface area contributed by atoms with E-state index in [-0.39, 0.29) is 36.1 Å². The number of fused-ring (bicyclic) bond motifs is 1. The zero-order valence-electron chi connectivity index (χ0n) is 16.4. The third-order valence-electron chi connectivity index (χ3n) is 5.42. The summed E-state index contributed by atoms with van der Waals surface area (Å²) in [6.45, 7) is 5.81. The first-order chi connectivity index (χ1) is 13.7. The van der Waals surface area contributed by atoms with E-state index in [1.165, 1.54) is 0 Å². The summed E-state index contributed by atoms with van der Waals surface area (Å²) in [5.74, 6) is -1.98. The Kier molecular flexibility index (Phi) is 4.97. The van der Waals surface area contributed by atoms with Gasteiger partial charge in [-0.3, -0.25) is 34.7 Å². The van der Waals surface area contributed by atoms with Gasteiger partial charge >= 0.3 is 0 Å². The minimum absolute atomic E-state index is 0.106. The normalized spacial score (nSPS) is 26.1. The average molecular weight is 400 g/mol. The molecule has 4 rings (SSSR count). The van der Waals surface area contributed by atoms with E-state index in [4.69, 9.17) is 4.74 Å². The zero-order chi connectivity index (χ0) is 20.8. The molecule has 0 spiro atoms. The molecule has 0 aromatic heterocycles. The Bertz CT molecular complexity index is 897.